The van der Waals surface area contributed by atoms with E-state index in [1.54, 1.807) is 12.5 Å². The van der Waals surface area contributed by atoms with Gasteiger partial charge in [-0.3, -0.25) is 0 Å². The third-order valence-electron chi connectivity index (χ3n) is 1.94. The van der Waals surface area contributed by atoms with Crippen molar-refractivity contribution in [1.29, 1.82) is 0 Å². The minimum Gasteiger partial charge on any atom is -0.472 e. The summed E-state index contributed by atoms with van der Waals surface area (Å²) in [6.45, 7) is 0. The summed E-state index contributed by atoms with van der Waals surface area (Å²) in [5.41, 5.74) is 2.71. The molecule has 0 bridgehead atoms. The Balaban J connectivity index is 2.34. The minimum atomic E-state index is -1.78. The van der Waals surface area contributed by atoms with Crippen LogP contribution in [0.15, 0.2) is 35.1 Å². The molecule has 2 nitrogen and oxygen atoms in total. The summed E-state index contributed by atoms with van der Waals surface area (Å²) in [7, 11) is 0. The highest BCUT2D eigenvalue weighted by Gasteiger charge is 2.09. The molecule has 3 heteroatoms. The second kappa shape index (κ2) is 3.18. The van der Waals surface area contributed by atoms with Crippen molar-refractivity contribution in [3.05, 3.63) is 36.3 Å². The monoisotopic (exact) mass is 180 g/mol. The van der Waals surface area contributed by atoms with E-state index in [0.29, 0.717) is 0 Å². The first-order chi connectivity index (χ1) is 6.25. The summed E-state index contributed by atoms with van der Waals surface area (Å²) in [6.07, 6.45) is 1.42. The van der Waals surface area contributed by atoms with Crippen molar-refractivity contribution >= 4 is 0 Å². The Morgan fingerprint density at radius 1 is 1.38 bits per heavy atom. The summed E-state index contributed by atoms with van der Waals surface area (Å²) in [4.78, 5) is 0. The molecule has 1 aliphatic carbocycles. The average molecular weight is 180 g/mol. The molecule has 68 valence electrons. The molecule has 0 radical (unpaired) electrons. The number of alkyl halides is 1. The van der Waals surface area contributed by atoms with Crippen LogP contribution < -0.4 is 0 Å². The Hall–Kier alpha value is -1.35. The van der Waals surface area contributed by atoms with Gasteiger partial charge in [0, 0.05) is 12.0 Å². The molecule has 2 aliphatic rings. The lowest BCUT2D eigenvalue weighted by atomic mass is 10.2. The second-order valence-electron chi connectivity index (χ2n) is 2.97. The van der Waals surface area contributed by atoms with Crippen molar-refractivity contribution < 1.29 is 13.9 Å². The number of halogens is 1. The van der Waals surface area contributed by atoms with Crippen molar-refractivity contribution in [3.8, 4) is 11.1 Å². The lowest BCUT2D eigenvalue weighted by molar-refractivity contribution is 0.0430. The summed E-state index contributed by atoms with van der Waals surface area (Å²) in [5, 5.41) is 8.54. The molecule has 1 atom stereocenters. The zero-order valence-corrected chi connectivity index (χ0v) is 6.90. The van der Waals surface area contributed by atoms with E-state index < -0.39 is 6.36 Å². The van der Waals surface area contributed by atoms with Gasteiger partial charge in [-0.05, 0) is 23.3 Å². The summed E-state index contributed by atoms with van der Waals surface area (Å²) >= 11 is 0. The SMILES string of the molecule is OC(F)Cc1cc2ccocc-2c1. The highest BCUT2D eigenvalue weighted by Crippen LogP contribution is 2.26. The largest absolute Gasteiger partial charge is 0.472 e. The quantitative estimate of drug-likeness (QED) is 0.768. The van der Waals surface area contributed by atoms with Gasteiger partial charge in [0.25, 0.3) is 0 Å². The molecule has 0 spiro atoms. The third-order valence-corrected chi connectivity index (χ3v) is 1.94. The van der Waals surface area contributed by atoms with Gasteiger partial charge in [-0.2, -0.15) is 0 Å². The van der Waals surface area contributed by atoms with Crippen LogP contribution in [-0.2, 0) is 6.42 Å². The van der Waals surface area contributed by atoms with Crippen molar-refractivity contribution in [2.75, 3.05) is 0 Å². The number of aliphatic hydroxyl groups is 1. The van der Waals surface area contributed by atoms with Crippen molar-refractivity contribution in [3.63, 3.8) is 0 Å². The first kappa shape index (κ1) is 8.26. The molecule has 1 N–H and O–H groups in total. The number of fused-ring (bicyclic) bond motifs is 1. The Morgan fingerprint density at radius 3 is 2.85 bits per heavy atom. The minimum absolute atomic E-state index is 0.0364. The maximum Gasteiger partial charge on any atom is 0.200 e. The van der Waals surface area contributed by atoms with Gasteiger partial charge in [0.15, 0.2) is 6.36 Å². The number of aliphatic hydroxyl groups excluding tert-OH is 1. The van der Waals surface area contributed by atoms with Gasteiger partial charge in [-0.1, -0.05) is 6.07 Å². The normalized spacial score (nSPS) is 13.4. The second-order valence-corrected chi connectivity index (χ2v) is 2.97. The summed E-state index contributed by atoms with van der Waals surface area (Å²) in [5.74, 6) is 0. The molecule has 1 unspecified atom stereocenters. The van der Waals surface area contributed by atoms with E-state index in [2.05, 4.69) is 0 Å². The third kappa shape index (κ3) is 1.70. The summed E-state index contributed by atoms with van der Waals surface area (Å²) < 4.78 is 17.2. The van der Waals surface area contributed by atoms with E-state index in [1.807, 2.05) is 18.2 Å². The highest BCUT2D eigenvalue weighted by atomic mass is 19.1. The molecule has 0 aromatic rings. The van der Waals surface area contributed by atoms with Gasteiger partial charge in [0.2, 0.25) is 0 Å². The van der Waals surface area contributed by atoms with Crippen molar-refractivity contribution in [2.45, 2.75) is 12.8 Å². The van der Waals surface area contributed by atoms with Gasteiger partial charge >= 0.3 is 0 Å². The van der Waals surface area contributed by atoms with Crippen LogP contribution in [-0.4, -0.2) is 11.5 Å². The maximum absolute atomic E-state index is 12.2. The molecule has 1 aliphatic heterocycles. The van der Waals surface area contributed by atoms with Crippen LogP contribution >= 0.6 is 0 Å². The van der Waals surface area contributed by atoms with E-state index >= 15 is 0 Å². The van der Waals surface area contributed by atoms with Crippen molar-refractivity contribution in [2.24, 2.45) is 0 Å². The lowest BCUT2D eigenvalue weighted by Crippen LogP contribution is -2.00. The van der Waals surface area contributed by atoms with Crippen LogP contribution in [0.2, 0.25) is 0 Å². The zero-order valence-electron chi connectivity index (χ0n) is 6.90. The van der Waals surface area contributed by atoms with Crippen LogP contribution in [0.5, 0.6) is 0 Å². The molecule has 0 aromatic carbocycles. The molecule has 0 saturated heterocycles. The Kier molecular flexibility index (Phi) is 2.02. The predicted molar refractivity (Wildman–Crippen MR) is 46.1 cm³/mol. The molecule has 0 saturated carbocycles. The Labute approximate surface area is 75.0 Å². The number of hydrogen-bond donors (Lipinski definition) is 1. The number of hydrogen-bond acceptors (Lipinski definition) is 2. The molecule has 0 fully saturated rings. The molecular formula is C10H9FO2. The van der Waals surface area contributed by atoms with E-state index in [9.17, 15) is 4.39 Å². The standard InChI is InChI=1S/C10H9FO2/c11-10(12)5-7-3-8-1-2-13-6-9(8)4-7/h1-4,6,10,12H,5H2. The molecule has 1 heterocycles. The average Bonchev–Trinajstić information content (AvgIpc) is 2.44. The molecule has 0 amide bonds. The van der Waals surface area contributed by atoms with Gasteiger partial charge in [-0.15, -0.1) is 0 Å². The van der Waals surface area contributed by atoms with Gasteiger partial charge in [-0.25, -0.2) is 4.39 Å². The van der Waals surface area contributed by atoms with E-state index in [-0.39, 0.29) is 6.42 Å². The van der Waals surface area contributed by atoms with Crippen LogP contribution in [0.4, 0.5) is 4.39 Å². The Bertz CT molecular complexity index is 337. The topological polar surface area (TPSA) is 33.4 Å². The van der Waals surface area contributed by atoms with Crippen LogP contribution in [0, 0.1) is 0 Å². The van der Waals surface area contributed by atoms with Gasteiger partial charge < -0.3 is 9.52 Å². The van der Waals surface area contributed by atoms with Crippen molar-refractivity contribution in [1.82, 2.24) is 0 Å². The van der Waals surface area contributed by atoms with Crippen LogP contribution in [0.3, 0.4) is 0 Å². The fourth-order valence-corrected chi connectivity index (χ4v) is 1.39. The predicted octanol–water partition coefficient (Wildman–Crippen LogP) is 2.21. The number of rotatable bonds is 2. The highest BCUT2D eigenvalue weighted by molar-refractivity contribution is 5.66. The fourth-order valence-electron chi connectivity index (χ4n) is 1.39. The van der Waals surface area contributed by atoms with E-state index in [1.165, 1.54) is 0 Å². The first-order valence-corrected chi connectivity index (χ1v) is 4.03. The summed E-state index contributed by atoms with van der Waals surface area (Å²) in [6, 6.07) is 5.46. The molecule has 0 aromatic heterocycles. The molecular weight excluding hydrogens is 171 g/mol. The van der Waals surface area contributed by atoms with E-state index in [4.69, 9.17) is 9.52 Å². The fraction of sp³-hybridized carbons (Fsp3) is 0.200. The van der Waals surface area contributed by atoms with E-state index in [0.717, 1.165) is 16.7 Å². The van der Waals surface area contributed by atoms with Gasteiger partial charge in [0.05, 0.1) is 12.5 Å². The van der Waals surface area contributed by atoms with Gasteiger partial charge in [0.1, 0.15) is 0 Å². The van der Waals surface area contributed by atoms with Crippen LogP contribution in [0.25, 0.3) is 11.1 Å². The zero-order chi connectivity index (χ0) is 9.26. The smallest absolute Gasteiger partial charge is 0.200 e. The Morgan fingerprint density at radius 2 is 2.15 bits per heavy atom. The first-order valence-electron chi connectivity index (χ1n) is 4.03. The lowest BCUT2D eigenvalue weighted by Gasteiger charge is -1.95. The van der Waals surface area contributed by atoms with Crippen LogP contribution in [0.1, 0.15) is 5.56 Å². The molecule has 13 heavy (non-hydrogen) atoms. The molecule has 2 rings (SSSR count). The maximum atomic E-state index is 12.2.